The fourth-order valence-corrected chi connectivity index (χ4v) is 2.18. The summed E-state index contributed by atoms with van der Waals surface area (Å²) >= 11 is 0. The van der Waals surface area contributed by atoms with E-state index in [4.69, 9.17) is 9.84 Å². The Bertz CT molecular complexity index is 294. The monoisotopic (exact) mass is 258 g/mol. The zero-order chi connectivity index (χ0) is 13.5. The van der Waals surface area contributed by atoms with E-state index in [0.29, 0.717) is 32.8 Å². The van der Waals surface area contributed by atoms with Crippen molar-refractivity contribution in [1.29, 1.82) is 0 Å². The lowest BCUT2D eigenvalue weighted by atomic mass is 10.1. The van der Waals surface area contributed by atoms with Gasteiger partial charge in [-0.25, -0.2) is 0 Å². The van der Waals surface area contributed by atoms with Gasteiger partial charge in [-0.05, 0) is 13.5 Å². The van der Waals surface area contributed by atoms with Crippen LogP contribution < -0.4 is 0 Å². The third kappa shape index (κ3) is 3.96. The lowest BCUT2D eigenvalue weighted by Gasteiger charge is -2.39. The molecule has 1 heterocycles. The number of ether oxygens (including phenoxy) is 1. The number of likely N-dealkylation sites (N-methyl/N-ethyl adjacent to an activating group) is 1. The van der Waals surface area contributed by atoms with Crippen LogP contribution in [0.5, 0.6) is 0 Å². The molecule has 0 aromatic carbocycles. The van der Waals surface area contributed by atoms with Crippen LogP contribution in [0.25, 0.3) is 0 Å². The quantitative estimate of drug-likeness (QED) is 0.652. The molecule has 0 aromatic rings. The highest BCUT2D eigenvalue weighted by Gasteiger charge is 2.34. The van der Waals surface area contributed by atoms with Gasteiger partial charge in [0.1, 0.15) is 0 Å². The topological polar surface area (TPSA) is 70.1 Å². The van der Waals surface area contributed by atoms with Gasteiger partial charge in [-0.3, -0.25) is 14.5 Å². The van der Waals surface area contributed by atoms with Crippen molar-refractivity contribution < 1.29 is 19.4 Å². The molecule has 1 unspecified atom stereocenters. The predicted molar refractivity (Wildman–Crippen MR) is 66.4 cm³/mol. The number of carbonyl (C=O) groups is 2. The highest BCUT2D eigenvalue weighted by atomic mass is 16.5. The molecule has 1 aliphatic heterocycles. The molecular weight excluding hydrogens is 236 g/mol. The average molecular weight is 258 g/mol. The molecule has 1 fully saturated rings. The van der Waals surface area contributed by atoms with E-state index in [9.17, 15) is 9.59 Å². The van der Waals surface area contributed by atoms with E-state index in [0.717, 1.165) is 6.54 Å². The largest absolute Gasteiger partial charge is 0.481 e. The van der Waals surface area contributed by atoms with Crippen LogP contribution in [0.1, 0.15) is 20.3 Å². The number of carboxylic acids is 1. The Morgan fingerprint density at radius 1 is 1.44 bits per heavy atom. The van der Waals surface area contributed by atoms with Crippen molar-refractivity contribution in [1.82, 2.24) is 9.80 Å². The summed E-state index contributed by atoms with van der Waals surface area (Å²) in [6, 6.07) is -0.525. The summed E-state index contributed by atoms with van der Waals surface area (Å²) in [7, 11) is 0. The van der Waals surface area contributed by atoms with Crippen LogP contribution in [0.3, 0.4) is 0 Å². The Morgan fingerprint density at radius 2 is 2.17 bits per heavy atom. The minimum Gasteiger partial charge on any atom is -0.481 e. The molecule has 6 heteroatoms. The van der Waals surface area contributed by atoms with Gasteiger partial charge in [-0.2, -0.15) is 0 Å². The molecule has 0 bridgehead atoms. The number of nitrogens with zero attached hydrogens (tertiary/aromatic N) is 2. The summed E-state index contributed by atoms with van der Waals surface area (Å²) in [5.41, 5.74) is 0. The fraction of sp³-hybridized carbons (Fsp3) is 0.833. The minimum atomic E-state index is -0.932. The van der Waals surface area contributed by atoms with E-state index in [-0.39, 0.29) is 12.3 Å². The molecule has 1 rings (SSSR count). The summed E-state index contributed by atoms with van der Waals surface area (Å²) in [6.07, 6.45) is -0.127. The Kier molecular flexibility index (Phi) is 6.07. The van der Waals surface area contributed by atoms with Crippen LogP contribution in [-0.2, 0) is 14.3 Å². The summed E-state index contributed by atoms with van der Waals surface area (Å²) in [4.78, 5) is 26.6. The third-order valence-electron chi connectivity index (χ3n) is 3.18. The molecule has 6 nitrogen and oxygen atoms in total. The van der Waals surface area contributed by atoms with Gasteiger partial charge in [-0.1, -0.05) is 6.92 Å². The van der Waals surface area contributed by atoms with E-state index in [1.807, 2.05) is 18.7 Å². The summed E-state index contributed by atoms with van der Waals surface area (Å²) in [5, 5.41) is 8.88. The van der Waals surface area contributed by atoms with Crippen molar-refractivity contribution >= 4 is 11.9 Å². The number of rotatable bonds is 7. The van der Waals surface area contributed by atoms with Gasteiger partial charge in [0.2, 0.25) is 5.91 Å². The molecule has 104 valence electrons. The van der Waals surface area contributed by atoms with Gasteiger partial charge in [0.15, 0.2) is 0 Å². The average Bonchev–Trinajstić information content (AvgIpc) is 2.33. The maximum atomic E-state index is 12.2. The lowest BCUT2D eigenvalue weighted by molar-refractivity contribution is -0.149. The Labute approximate surface area is 107 Å². The smallest absolute Gasteiger partial charge is 0.305 e. The van der Waals surface area contributed by atoms with Gasteiger partial charge in [-0.15, -0.1) is 0 Å². The number of piperazine rings is 1. The van der Waals surface area contributed by atoms with E-state index in [2.05, 4.69) is 0 Å². The number of amides is 1. The normalized spacial score (nSPS) is 21.3. The number of hydrogen-bond donors (Lipinski definition) is 1. The number of carboxylic acid groups (broad SMARTS) is 1. The zero-order valence-electron chi connectivity index (χ0n) is 11.1. The van der Waals surface area contributed by atoms with E-state index >= 15 is 0 Å². The van der Waals surface area contributed by atoms with Gasteiger partial charge in [0.05, 0.1) is 19.1 Å². The highest BCUT2D eigenvalue weighted by molar-refractivity contribution is 5.86. The second-order valence-electron chi connectivity index (χ2n) is 4.26. The van der Waals surface area contributed by atoms with Crippen molar-refractivity contribution in [3.63, 3.8) is 0 Å². The van der Waals surface area contributed by atoms with E-state index in [1.54, 1.807) is 4.90 Å². The molecule has 1 amide bonds. The number of aliphatic carboxylic acids is 1. The standard InChI is InChI=1S/C12H22N2O4/c1-3-13-5-6-14(7-8-18-4-2)12(17)10(13)9-11(15)16/h10H,3-9H2,1-2H3,(H,15,16). The summed E-state index contributed by atoms with van der Waals surface area (Å²) in [6.45, 7) is 7.60. The van der Waals surface area contributed by atoms with Crippen molar-refractivity contribution in [2.45, 2.75) is 26.3 Å². The first kappa shape index (κ1) is 14.9. The fourth-order valence-electron chi connectivity index (χ4n) is 2.18. The maximum absolute atomic E-state index is 12.2. The molecule has 1 saturated heterocycles. The molecule has 1 N–H and O–H groups in total. The highest BCUT2D eigenvalue weighted by Crippen LogP contribution is 2.14. The first-order valence-electron chi connectivity index (χ1n) is 6.42. The second kappa shape index (κ2) is 7.33. The number of hydrogen-bond acceptors (Lipinski definition) is 4. The van der Waals surface area contributed by atoms with Gasteiger partial charge >= 0.3 is 5.97 Å². The van der Waals surface area contributed by atoms with Crippen LogP contribution in [-0.4, -0.2) is 72.2 Å². The molecule has 0 spiro atoms. The minimum absolute atomic E-state index is 0.0924. The van der Waals surface area contributed by atoms with Crippen LogP contribution in [0, 0.1) is 0 Å². The van der Waals surface area contributed by atoms with Gasteiger partial charge in [0, 0.05) is 26.2 Å². The molecular formula is C12H22N2O4. The van der Waals surface area contributed by atoms with Crippen LogP contribution in [0.2, 0.25) is 0 Å². The van der Waals surface area contributed by atoms with Crippen molar-refractivity contribution in [3.8, 4) is 0 Å². The zero-order valence-corrected chi connectivity index (χ0v) is 11.1. The van der Waals surface area contributed by atoms with Crippen LogP contribution in [0.4, 0.5) is 0 Å². The number of carbonyl (C=O) groups excluding carboxylic acids is 1. The van der Waals surface area contributed by atoms with Crippen LogP contribution in [0.15, 0.2) is 0 Å². The summed E-state index contributed by atoms with van der Waals surface area (Å²) in [5.74, 6) is -1.02. The summed E-state index contributed by atoms with van der Waals surface area (Å²) < 4.78 is 5.23. The second-order valence-corrected chi connectivity index (χ2v) is 4.26. The molecule has 0 saturated carbocycles. The Hall–Kier alpha value is -1.14. The molecule has 0 aliphatic carbocycles. The van der Waals surface area contributed by atoms with Gasteiger partial charge < -0.3 is 14.7 Å². The first-order valence-corrected chi connectivity index (χ1v) is 6.42. The van der Waals surface area contributed by atoms with E-state index in [1.165, 1.54) is 0 Å². The van der Waals surface area contributed by atoms with Gasteiger partial charge in [0.25, 0.3) is 0 Å². The molecule has 1 atom stereocenters. The van der Waals surface area contributed by atoms with Crippen LogP contribution >= 0.6 is 0 Å². The SMILES string of the molecule is CCOCCN1CCN(CC)C(CC(=O)O)C1=O. The first-order chi connectivity index (χ1) is 8.60. The Balaban J connectivity index is 2.59. The van der Waals surface area contributed by atoms with Crippen molar-refractivity contribution in [2.75, 3.05) is 39.4 Å². The van der Waals surface area contributed by atoms with Crippen molar-refractivity contribution in [2.24, 2.45) is 0 Å². The molecule has 0 radical (unpaired) electrons. The molecule has 18 heavy (non-hydrogen) atoms. The predicted octanol–water partition coefficient (Wildman–Crippen LogP) is 0.0303. The van der Waals surface area contributed by atoms with E-state index < -0.39 is 12.0 Å². The maximum Gasteiger partial charge on any atom is 0.305 e. The van der Waals surface area contributed by atoms with Crippen molar-refractivity contribution in [3.05, 3.63) is 0 Å². The lowest BCUT2D eigenvalue weighted by Crippen LogP contribution is -2.57. The molecule has 0 aromatic heterocycles. The Morgan fingerprint density at radius 3 is 2.72 bits per heavy atom. The third-order valence-corrected chi connectivity index (χ3v) is 3.18. The molecule has 1 aliphatic rings.